The van der Waals surface area contributed by atoms with Gasteiger partial charge in [-0.15, -0.1) is 0 Å². The zero-order chi connectivity index (χ0) is 28.0. The van der Waals surface area contributed by atoms with E-state index in [1.165, 1.54) is 18.4 Å². The van der Waals surface area contributed by atoms with Crippen molar-refractivity contribution in [2.45, 2.75) is 89.3 Å². The van der Waals surface area contributed by atoms with E-state index >= 15 is 0 Å². The van der Waals surface area contributed by atoms with Gasteiger partial charge in [-0.1, -0.05) is 32.6 Å². The van der Waals surface area contributed by atoms with Gasteiger partial charge in [0, 0.05) is 0 Å². The largest absolute Gasteiger partial charge is 0.504 e. The molecule has 7 nitrogen and oxygen atoms in total. The first-order valence-corrected chi connectivity index (χ1v) is 13.9. The van der Waals surface area contributed by atoms with Gasteiger partial charge in [0.25, 0.3) is 0 Å². The zero-order valence-corrected chi connectivity index (χ0v) is 22.8. The summed E-state index contributed by atoms with van der Waals surface area (Å²) in [7, 11) is 0. The maximum absolute atomic E-state index is 13.1. The van der Waals surface area contributed by atoms with Crippen LogP contribution in [0.3, 0.4) is 0 Å². The highest BCUT2D eigenvalue weighted by Crippen LogP contribution is 2.39. The van der Waals surface area contributed by atoms with E-state index in [0.29, 0.717) is 28.9 Å². The molecular formula is C32H38O7. The number of carbonyl (C=O) groups is 2. The van der Waals surface area contributed by atoms with Crippen LogP contribution >= 0.6 is 0 Å². The van der Waals surface area contributed by atoms with Gasteiger partial charge in [-0.2, -0.15) is 0 Å². The highest BCUT2D eigenvalue weighted by Gasteiger charge is 2.37. The van der Waals surface area contributed by atoms with Gasteiger partial charge in [-0.25, -0.2) is 9.59 Å². The second kappa shape index (κ2) is 12.0. The molecule has 0 atom stereocenters. The number of phenolic OH excluding ortho intramolecular Hbond substituents is 2. The zero-order valence-electron chi connectivity index (χ0n) is 22.8. The van der Waals surface area contributed by atoms with Gasteiger partial charge in [0.05, 0.1) is 11.8 Å². The molecule has 0 unspecified atom stereocenters. The number of aromatic hydroxyl groups is 2. The molecule has 0 amide bonds. The molecule has 2 aliphatic rings. The monoisotopic (exact) mass is 534 g/mol. The predicted octanol–water partition coefficient (Wildman–Crippen LogP) is 7.55. The molecule has 0 saturated heterocycles. The number of benzene rings is 2. The van der Waals surface area contributed by atoms with E-state index in [2.05, 4.69) is 6.58 Å². The molecule has 4 rings (SSSR count). The van der Waals surface area contributed by atoms with Crippen molar-refractivity contribution in [3.63, 3.8) is 0 Å². The van der Waals surface area contributed by atoms with Crippen molar-refractivity contribution in [2.75, 3.05) is 0 Å². The van der Waals surface area contributed by atoms with Crippen LogP contribution in [0.2, 0.25) is 0 Å². The summed E-state index contributed by atoms with van der Waals surface area (Å²) < 4.78 is 17.5. The van der Waals surface area contributed by atoms with Crippen LogP contribution in [0.15, 0.2) is 43.2 Å². The first kappa shape index (κ1) is 28.3. The average molecular weight is 535 g/mol. The Labute approximate surface area is 230 Å². The van der Waals surface area contributed by atoms with E-state index < -0.39 is 34.6 Å². The lowest BCUT2D eigenvalue weighted by atomic mass is 9.98. The molecule has 7 heteroatoms. The third-order valence-electron chi connectivity index (χ3n) is 8.20. The summed E-state index contributed by atoms with van der Waals surface area (Å²) in [6.45, 7) is 7.83. The van der Waals surface area contributed by atoms with Gasteiger partial charge in [-0.3, -0.25) is 0 Å². The summed E-state index contributed by atoms with van der Waals surface area (Å²) in [5, 5.41) is 20.6. The van der Waals surface area contributed by atoms with Gasteiger partial charge in [-0.05, 0) is 106 Å². The number of hydrogen-bond donors (Lipinski definition) is 2. The Hall–Kier alpha value is -3.74. The molecule has 0 heterocycles. The number of ether oxygens (including phenoxy) is 3. The molecule has 39 heavy (non-hydrogen) atoms. The maximum Gasteiger partial charge on any atom is 0.342 e. The minimum Gasteiger partial charge on any atom is -0.504 e. The fourth-order valence-corrected chi connectivity index (χ4v) is 5.64. The molecule has 0 spiro atoms. The molecule has 208 valence electrons. The molecule has 2 aromatic rings. The van der Waals surface area contributed by atoms with Crippen molar-refractivity contribution in [1.82, 2.24) is 0 Å². The van der Waals surface area contributed by atoms with Crippen LogP contribution in [0.25, 0.3) is 12.2 Å². The molecule has 2 fully saturated rings. The minimum absolute atomic E-state index is 0.105. The Morgan fingerprint density at radius 3 is 1.97 bits per heavy atom. The molecule has 2 aromatic carbocycles. The average Bonchev–Trinajstić information content (AvgIpc) is 3.61. The standard InChI is InChI=1S/C32H38O7/c1-4-23-11-12-24(21-25(23)29(35)38-31(5-2)14-7-8-15-31)37-18-13-22-19-26(28(34)27(33)20-22)30(36)39-32(6-3)16-9-10-17-32/h4,11-13,18-21,33-34H,1,5-10,14-17H2,2-3H3/b18-13+. The van der Waals surface area contributed by atoms with Crippen LogP contribution in [0, 0.1) is 0 Å². The molecule has 2 saturated carbocycles. The molecule has 2 N–H and O–H groups in total. The minimum atomic E-state index is -0.669. The number of hydrogen-bond acceptors (Lipinski definition) is 7. The van der Waals surface area contributed by atoms with Crippen molar-refractivity contribution >= 4 is 24.1 Å². The van der Waals surface area contributed by atoms with E-state index in [-0.39, 0.29) is 5.56 Å². The second-order valence-electron chi connectivity index (χ2n) is 10.6. The normalized spacial score (nSPS) is 17.7. The first-order chi connectivity index (χ1) is 18.7. The Balaban J connectivity index is 1.49. The van der Waals surface area contributed by atoms with Crippen molar-refractivity contribution in [3.05, 3.63) is 65.4 Å². The number of esters is 2. The number of phenols is 2. The van der Waals surface area contributed by atoms with E-state index in [1.807, 2.05) is 13.8 Å². The van der Waals surface area contributed by atoms with Gasteiger partial charge in [0.15, 0.2) is 11.5 Å². The Morgan fingerprint density at radius 1 is 0.872 bits per heavy atom. The topological polar surface area (TPSA) is 102 Å². The molecular weight excluding hydrogens is 496 g/mol. The highest BCUT2D eigenvalue weighted by atomic mass is 16.6. The second-order valence-corrected chi connectivity index (χ2v) is 10.6. The maximum atomic E-state index is 13.1. The van der Waals surface area contributed by atoms with Crippen molar-refractivity contribution in [3.8, 4) is 17.2 Å². The Morgan fingerprint density at radius 2 is 1.44 bits per heavy atom. The molecule has 0 aromatic heterocycles. The molecule has 0 aliphatic heterocycles. The lowest BCUT2D eigenvalue weighted by Crippen LogP contribution is -2.31. The SMILES string of the molecule is C=Cc1ccc(O/C=C/c2cc(O)c(O)c(C(=O)OC3(CC)CCCC3)c2)cc1C(=O)OC1(CC)CCCC1. The number of rotatable bonds is 10. The summed E-state index contributed by atoms with van der Waals surface area (Å²) in [4.78, 5) is 26.0. The van der Waals surface area contributed by atoms with Crippen LogP contribution in [0.5, 0.6) is 17.2 Å². The summed E-state index contributed by atoms with van der Waals surface area (Å²) in [5.41, 5.74) is 0.410. The summed E-state index contributed by atoms with van der Waals surface area (Å²) in [5.74, 6) is -1.61. The number of carbonyl (C=O) groups excluding carboxylic acids is 2. The fraction of sp³-hybridized carbons (Fsp3) is 0.438. The highest BCUT2D eigenvalue weighted by molar-refractivity contribution is 5.95. The van der Waals surface area contributed by atoms with Gasteiger partial charge >= 0.3 is 11.9 Å². The van der Waals surface area contributed by atoms with E-state index in [4.69, 9.17) is 14.2 Å². The Kier molecular flexibility index (Phi) is 8.68. The van der Waals surface area contributed by atoms with Gasteiger partial charge in [0.2, 0.25) is 0 Å². The lowest BCUT2D eigenvalue weighted by Gasteiger charge is -2.28. The van der Waals surface area contributed by atoms with E-state index in [0.717, 1.165) is 57.8 Å². The van der Waals surface area contributed by atoms with Crippen LogP contribution in [0.4, 0.5) is 0 Å². The first-order valence-electron chi connectivity index (χ1n) is 13.9. The summed E-state index contributed by atoms with van der Waals surface area (Å²) in [6.07, 6.45) is 13.4. The van der Waals surface area contributed by atoms with Crippen molar-refractivity contribution in [1.29, 1.82) is 0 Å². The molecule has 2 aliphatic carbocycles. The Bertz CT molecular complexity index is 1250. The fourth-order valence-electron chi connectivity index (χ4n) is 5.64. The molecule has 0 bridgehead atoms. The summed E-state index contributed by atoms with van der Waals surface area (Å²) in [6, 6.07) is 7.85. The summed E-state index contributed by atoms with van der Waals surface area (Å²) >= 11 is 0. The predicted molar refractivity (Wildman–Crippen MR) is 150 cm³/mol. The van der Waals surface area contributed by atoms with Crippen molar-refractivity contribution in [2.24, 2.45) is 0 Å². The van der Waals surface area contributed by atoms with Gasteiger partial charge < -0.3 is 24.4 Å². The quantitative estimate of drug-likeness (QED) is 0.184. The smallest absolute Gasteiger partial charge is 0.342 e. The molecule has 0 radical (unpaired) electrons. The van der Waals surface area contributed by atoms with Gasteiger partial charge in [0.1, 0.15) is 22.5 Å². The lowest BCUT2D eigenvalue weighted by molar-refractivity contribution is -0.0183. The third-order valence-corrected chi connectivity index (χ3v) is 8.20. The van der Waals surface area contributed by atoms with Crippen molar-refractivity contribution < 1.29 is 34.0 Å². The van der Waals surface area contributed by atoms with E-state index in [1.54, 1.807) is 30.4 Å². The van der Waals surface area contributed by atoms with Crippen LogP contribution in [-0.2, 0) is 9.47 Å². The van der Waals surface area contributed by atoms with Crippen LogP contribution in [0.1, 0.15) is 110 Å². The third kappa shape index (κ3) is 6.29. The van der Waals surface area contributed by atoms with Crippen LogP contribution < -0.4 is 4.74 Å². The van der Waals surface area contributed by atoms with Crippen LogP contribution in [-0.4, -0.2) is 33.4 Å². The van der Waals surface area contributed by atoms with E-state index in [9.17, 15) is 19.8 Å².